The second kappa shape index (κ2) is 10.7. The van der Waals surface area contributed by atoms with E-state index in [1.165, 1.54) is 0 Å². The van der Waals surface area contributed by atoms with Crippen LogP contribution in [0.5, 0.6) is 0 Å². The van der Waals surface area contributed by atoms with Crippen molar-refractivity contribution in [1.82, 2.24) is 20.5 Å². The summed E-state index contributed by atoms with van der Waals surface area (Å²) in [6.45, 7) is 11.5. The summed E-state index contributed by atoms with van der Waals surface area (Å²) in [5, 5.41) is 6.72. The number of amides is 2. The van der Waals surface area contributed by atoms with Crippen LogP contribution >= 0.6 is 11.6 Å². The lowest BCUT2D eigenvalue weighted by Crippen LogP contribution is -2.35. The van der Waals surface area contributed by atoms with E-state index in [4.69, 9.17) is 11.6 Å². The first-order valence-corrected chi connectivity index (χ1v) is 12.6. The number of nitrogens with one attached hydrogen (secondary N) is 3. The Kier molecular flexibility index (Phi) is 7.63. The van der Waals surface area contributed by atoms with E-state index in [9.17, 15) is 9.59 Å². The molecule has 0 spiro atoms. The van der Waals surface area contributed by atoms with Gasteiger partial charge >= 0.3 is 0 Å². The first-order valence-electron chi connectivity index (χ1n) is 12.2. The van der Waals surface area contributed by atoms with E-state index < -0.39 is 0 Å². The third-order valence-corrected chi connectivity index (χ3v) is 7.09. The Labute approximate surface area is 212 Å². The number of hydrogen-bond donors (Lipinski definition) is 3. The van der Waals surface area contributed by atoms with E-state index in [1.54, 1.807) is 0 Å². The summed E-state index contributed by atoms with van der Waals surface area (Å²) in [5.74, 6) is -0.0617. The maximum atomic E-state index is 13.4. The molecule has 1 unspecified atom stereocenters. The second-order valence-electron chi connectivity index (χ2n) is 9.05. The number of allylic oxidation sites excluding steroid dienone is 4. The third-order valence-electron chi connectivity index (χ3n) is 6.84. The van der Waals surface area contributed by atoms with Crippen molar-refractivity contribution in [3.8, 4) is 11.1 Å². The molecule has 0 saturated carbocycles. The fraction of sp³-hybridized carbons (Fsp3) is 0.357. The van der Waals surface area contributed by atoms with Gasteiger partial charge in [0.25, 0.3) is 11.8 Å². The number of likely N-dealkylation sites (N-methyl/N-ethyl adjacent to an activating group) is 1. The molecule has 6 nitrogen and oxygen atoms in total. The first kappa shape index (κ1) is 25.0. The Bertz CT molecular complexity index is 1220. The third kappa shape index (κ3) is 5.14. The SMILES string of the molecule is CCN(CC)CCNC(=O)c1c(C)[nH]c(CC2=C3C(=CC=CC3C)NC2=O)c1-c1ccc(Cl)cc1. The summed E-state index contributed by atoms with van der Waals surface area (Å²) < 4.78 is 0. The van der Waals surface area contributed by atoms with Crippen LogP contribution in [0.25, 0.3) is 11.1 Å². The summed E-state index contributed by atoms with van der Waals surface area (Å²) in [5.41, 5.74) is 6.57. The number of nitrogens with zero attached hydrogens (tertiary/aromatic N) is 1. The summed E-state index contributed by atoms with van der Waals surface area (Å²) >= 11 is 6.16. The largest absolute Gasteiger partial charge is 0.361 e. The van der Waals surface area contributed by atoms with Gasteiger partial charge in [0.1, 0.15) is 0 Å². The van der Waals surface area contributed by atoms with Crippen LogP contribution in [-0.4, -0.2) is 47.9 Å². The van der Waals surface area contributed by atoms with Crippen LogP contribution in [0.15, 0.2) is 59.3 Å². The molecule has 0 saturated heterocycles. The van der Waals surface area contributed by atoms with Crippen molar-refractivity contribution in [3.63, 3.8) is 0 Å². The monoisotopic (exact) mass is 492 g/mol. The Morgan fingerprint density at radius 3 is 2.57 bits per heavy atom. The molecule has 0 bridgehead atoms. The van der Waals surface area contributed by atoms with E-state index in [2.05, 4.69) is 47.4 Å². The molecule has 1 aromatic carbocycles. The Morgan fingerprint density at radius 2 is 1.89 bits per heavy atom. The van der Waals surface area contributed by atoms with Crippen molar-refractivity contribution in [3.05, 3.63) is 81.3 Å². The number of aryl methyl sites for hydroxylation is 1. The molecule has 0 radical (unpaired) electrons. The Balaban J connectivity index is 1.72. The molecule has 2 aliphatic rings. The van der Waals surface area contributed by atoms with Gasteiger partial charge in [0.05, 0.1) is 5.56 Å². The van der Waals surface area contributed by atoms with Gasteiger partial charge < -0.3 is 20.5 Å². The quantitative estimate of drug-likeness (QED) is 0.471. The van der Waals surface area contributed by atoms with Gasteiger partial charge in [-0.15, -0.1) is 0 Å². The predicted octanol–water partition coefficient (Wildman–Crippen LogP) is 4.77. The van der Waals surface area contributed by atoms with Gasteiger partial charge in [-0.05, 0) is 49.4 Å². The minimum absolute atomic E-state index is 0.0821. The van der Waals surface area contributed by atoms with E-state index in [1.807, 2.05) is 43.3 Å². The van der Waals surface area contributed by atoms with Crippen LogP contribution in [0.2, 0.25) is 5.02 Å². The topological polar surface area (TPSA) is 77.2 Å². The van der Waals surface area contributed by atoms with Crippen LogP contribution in [0.4, 0.5) is 0 Å². The van der Waals surface area contributed by atoms with E-state index in [0.29, 0.717) is 23.6 Å². The van der Waals surface area contributed by atoms with Crippen LogP contribution in [0.3, 0.4) is 0 Å². The van der Waals surface area contributed by atoms with Gasteiger partial charge in [-0.25, -0.2) is 0 Å². The Hall–Kier alpha value is -3.09. The van der Waals surface area contributed by atoms with Gasteiger partial charge in [-0.3, -0.25) is 9.59 Å². The van der Waals surface area contributed by atoms with Gasteiger partial charge in [0.2, 0.25) is 0 Å². The molecular weight excluding hydrogens is 460 g/mol. The lowest BCUT2D eigenvalue weighted by molar-refractivity contribution is -0.116. The zero-order valence-electron chi connectivity index (χ0n) is 20.8. The van der Waals surface area contributed by atoms with Crippen molar-refractivity contribution in [2.45, 2.75) is 34.1 Å². The van der Waals surface area contributed by atoms with Gasteiger partial charge in [-0.1, -0.05) is 56.7 Å². The lowest BCUT2D eigenvalue weighted by Gasteiger charge is -2.18. The van der Waals surface area contributed by atoms with Crippen LogP contribution in [-0.2, 0) is 11.2 Å². The highest BCUT2D eigenvalue weighted by molar-refractivity contribution is 6.30. The molecule has 7 heteroatoms. The smallest absolute Gasteiger partial charge is 0.253 e. The summed E-state index contributed by atoms with van der Waals surface area (Å²) in [6, 6.07) is 7.49. The van der Waals surface area contributed by atoms with Crippen molar-refractivity contribution in [2.24, 2.45) is 5.92 Å². The average molecular weight is 493 g/mol. The normalized spacial score (nSPS) is 17.0. The zero-order valence-corrected chi connectivity index (χ0v) is 21.6. The number of aromatic nitrogens is 1. The lowest BCUT2D eigenvalue weighted by atomic mass is 9.89. The molecule has 4 rings (SSSR count). The number of rotatable bonds is 9. The standard InChI is InChI=1S/C28H33ClN4O2/c1-5-33(6-2)15-14-30-28(35)25-18(4)31-23(26(25)19-10-12-20(29)13-11-19)16-21-24-17(3)8-7-9-22(24)32-27(21)34/h7-13,17,31H,5-6,14-16H2,1-4H3,(H,30,35)(H,32,34). The van der Waals surface area contributed by atoms with Gasteiger partial charge in [0, 0.05) is 58.7 Å². The second-order valence-corrected chi connectivity index (χ2v) is 9.48. The molecule has 1 atom stereocenters. The highest BCUT2D eigenvalue weighted by atomic mass is 35.5. The molecule has 2 aromatic rings. The van der Waals surface area contributed by atoms with Crippen molar-refractivity contribution >= 4 is 23.4 Å². The number of aromatic amines is 1. The molecule has 35 heavy (non-hydrogen) atoms. The fourth-order valence-corrected chi connectivity index (χ4v) is 5.09. The molecule has 1 aromatic heterocycles. The van der Waals surface area contributed by atoms with Crippen molar-refractivity contribution in [1.29, 1.82) is 0 Å². The summed E-state index contributed by atoms with van der Waals surface area (Å²) in [6.07, 6.45) is 6.41. The van der Waals surface area contributed by atoms with Crippen molar-refractivity contribution < 1.29 is 9.59 Å². The number of hydrogen-bond acceptors (Lipinski definition) is 3. The molecule has 0 fully saturated rings. The van der Waals surface area contributed by atoms with E-state index in [-0.39, 0.29) is 17.7 Å². The highest BCUT2D eigenvalue weighted by Crippen LogP contribution is 2.37. The number of fused-ring (bicyclic) bond motifs is 1. The summed E-state index contributed by atoms with van der Waals surface area (Å²) in [4.78, 5) is 32.0. The number of carbonyl (C=O) groups excluding carboxylic acids is 2. The predicted molar refractivity (Wildman–Crippen MR) is 141 cm³/mol. The molecule has 2 heterocycles. The first-order chi connectivity index (χ1) is 16.8. The fourth-order valence-electron chi connectivity index (χ4n) is 4.97. The molecule has 184 valence electrons. The van der Waals surface area contributed by atoms with Crippen molar-refractivity contribution in [2.75, 3.05) is 26.2 Å². The molecule has 3 N–H and O–H groups in total. The minimum atomic E-state index is -0.120. The molecule has 1 aliphatic carbocycles. The number of carbonyl (C=O) groups is 2. The molecular formula is C28H33ClN4O2. The van der Waals surface area contributed by atoms with E-state index >= 15 is 0 Å². The summed E-state index contributed by atoms with van der Waals surface area (Å²) in [7, 11) is 0. The highest BCUT2D eigenvalue weighted by Gasteiger charge is 2.32. The van der Waals surface area contributed by atoms with Gasteiger partial charge in [0.15, 0.2) is 0 Å². The number of H-pyrrole nitrogens is 1. The van der Waals surface area contributed by atoms with E-state index in [0.717, 1.165) is 59.0 Å². The average Bonchev–Trinajstić information content (AvgIpc) is 3.34. The molecule has 2 amide bonds. The molecule has 1 aliphatic heterocycles. The number of halogens is 1. The van der Waals surface area contributed by atoms with Crippen LogP contribution in [0.1, 0.15) is 42.5 Å². The maximum absolute atomic E-state index is 13.4. The van der Waals surface area contributed by atoms with Gasteiger partial charge in [-0.2, -0.15) is 0 Å². The maximum Gasteiger partial charge on any atom is 0.253 e. The number of benzene rings is 1. The minimum Gasteiger partial charge on any atom is -0.361 e. The van der Waals surface area contributed by atoms with Crippen LogP contribution in [0, 0.1) is 12.8 Å². The Morgan fingerprint density at radius 1 is 1.17 bits per heavy atom. The zero-order chi connectivity index (χ0) is 25.1. The van der Waals surface area contributed by atoms with Crippen LogP contribution < -0.4 is 10.6 Å².